The van der Waals surface area contributed by atoms with Crippen LogP contribution >= 0.6 is 0 Å². The van der Waals surface area contributed by atoms with E-state index in [2.05, 4.69) is 17.6 Å². The fraction of sp³-hybridized carbons (Fsp3) is 0.909. The predicted molar refractivity (Wildman–Crippen MR) is 59.7 cm³/mol. The molecule has 15 heavy (non-hydrogen) atoms. The normalized spacial score (nSPS) is 20.5. The van der Waals surface area contributed by atoms with Crippen molar-refractivity contribution in [2.24, 2.45) is 0 Å². The van der Waals surface area contributed by atoms with E-state index in [1.165, 1.54) is 0 Å². The SMILES string of the molecule is CCCCNC(=O)C(C)OC1(C)CNC1. The molecule has 4 nitrogen and oxygen atoms in total. The summed E-state index contributed by atoms with van der Waals surface area (Å²) >= 11 is 0. The van der Waals surface area contributed by atoms with Gasteiger partial charge in [0.05, 0.1) is 5.60 Å². The Morgan fingerprint density at radius 1 is 1.60 bits per heavy atom. The lowest BCUT2D eigenvalue weighted by molar-refractivity contribution is -0.149. The zero-order chi connectivity index (χ0) is 11.3. The van der Waals surface area contributed by atoms with Crippen LogP contribution in [-0.2, 0) is 9.53 Å². The fourth-order valence-electron chi connectivity index (χ4n) is 1.57. The molecule has 2 N–H and O–H groups in total. The number of ether oxygens (including phenoxy) is 1. The summed E-state index contributed by atoms with van der Waals surface area (Å²) in [6.07, 6.45) is 1.77. The minimum atomic E-state index is -0.353. The summed E-state index contributed by atoms with van der Waals surface area (Å²) in [6.45, 7) is 8.36. The molecule has 88 valence electrons. The van der Waals surface area contributed by atoms with Crippen molar-refractivity contribution in [1.82, 2.24) is 10.6 Å². The number of rotatable bonds is 6. The van der Waals surface area contributed by atoms with Crippen LogP contribution < -0.4 is 10.6 Å². The minimum absolute atomic E-state index is 0.00317. The predicted octanol–water partition coefficient (Wildman–Crippen LogP) is 0.670. The zero-order valence-electron chi connectivity index (χ0n) is 9.93. The highest BCUT2D eigenvalue weighted by atomic mass is 16.5. The van der Waals surface area contributed by atoms with Crippen LogP contribution in [0.25, 0.3) is 0 Å². The Balaban J connectivity index is 2.20. The number of carbonyl (C=O) groups excluding carboxylic acids is 1. The maximum atomic E-state index is 11.6. The maximum absolute atomic E-state index is 11.6. The number of nitrogens with one attached hydrogen (secondary N) is 2. The van der Waals surface area contributed by atoms with Gasteiger partial charge in [0, 0.05) is 19.6 Å². The summed E-state index contributed by atoms with van der Waals surface area (Å²) in [5.74, 6) is -0.00317. The first-order valence-electron chi connectivity index (χ1n) is 5.73. The van der Waals surface area contributed by atoms with E-state index in [0.29, 0.717) is 0 Å². The largest absolute Gasteiger partial charge is 0.360 e. The van der Waals surface area contributed by atoms with Gasteiger partial charge in [0.2, 0.25) is 5.91 Å². The molecule has 1 saturated heterocycles. The van der Waals surface area contributed by atoms with Gasteiger partial charge >= 0.3 is 0 Å². The molecule has 0 aromatic rings. The van der Waals surface area contributed by atoms with Crippen LogP contribution in [0, 0.1) is 0 Å². The Morgan fingerprint density at radius 3 is 2.73 bits per heavy atom. The topological polar surface area (TPSA) is 50.4 Å². The second-order valence-corrected chi connectivity index (χ2v) is 4.46. The summed E-state index contributed by atoms with van der Waals surface area (Å²) in [5, 5.41) is 6.01. The molecule has 0 aromatic carbocycles. The second kappa shape index (κ2) is 5.47. The van der Waals surface area contributed by atoms with E-state index < -0.39 is 0 Å². The summed E-state index contributed by atoms with van der Waals surface area (Å²) in [5.41, 5.74) is -0.151. The van der Waals surface area contributed by atoms with Crippen molar-refractivity contribution in [3.63, 3.8) is 0 Å². The van der Waals surface area contributed by atoms with Crippen LogP contribution in [0.15, 0.2) is 0 Å². The third kappa shape index (κ3) is 3.80. The highest BCUT2D eigenvalue weighted by Crippen LogP contribution is 2.17. The minimum Gasteiger partial charge on any atom is -0.360 e. The molecule has 0 aromatic heterocycles. The third-order valence-corrected chi connectivity index (χ3v) is 2.66. The van der Waals surface area contributed by atoms with Gasteiger partial charge in [-0.15, -0.1) is 0 Å². The van der Waals surface area contributed by atoms with Crippen LogP contribution in [0.1, 0.15) is 33.6 Å². The Kier molecular flexibility index (Phi) is 4.54. The van der Waals surface area contributed by atoms with Crippen molar-refractivity contribution in [2.75, 3.05) is 19.6 Å². The number of carbonyl (C=O) groups is 1. The van der Waals surface area contributed by atoms with Gasteiger partial charge in [0.15, 0.2) is 0 Å². The van der Waals surface area contributed by atoms with Crippen molar-refractivity contribution < 1.29 is 9.53 Å². The average molecular weight is 214 g/mol. The van der Waals surface area contributed by atoms with Gasteiger partial charge in [-0.25, -0.2) is 0 Å². The Labute approximate surface area is 91.8 Å². The van der Waals surface area contributed by atoms with Gasteiger partial charge in [-0.05, 0) is 20.3 Å². The molecule has 1 aliphatic rings. The first kappa shape index (κ1) is 12.5. The first-order valence-corrected chi connectivity index (χ1v) is 5.73. The van der Waals surface area contributed by atoms with Crippen molar-refractivity contribution in [1.29, 1.82) is 0 Å². The van der Waals surface area contributed by atoms with E-state index in [4.69, 9.17) is 4.74 Å². The Bertz CT molecular complexity index is 215. The Morgan fingerprint density at radius 2 is 2.27 bits per heavy atom. The van der Waals surface area contributed by atoms with Crippen LogP contribution in [0.4, 0.5) is 0 Å². The van der Waals surface area contributed by atoms with E-state index in [-0.39, 0.29) is 17.6 Å². The molecule has 1 rings (SSSR count). The lowest BCUT2D eigenvalue weighted by Crippen LogP contribution is -2.61. The molecular weight excluding hydrogens is 192 g/mol. The van der Waals surface area contributed by atoms with E-state index >= 15 is 0 Å². The van der Waals surface area contributed by atoms with Crippen LogP contribution in [0.2, 0.25) is 0 Å². The quantitative estimate of drug-likeness (QED) is 0.639. The van der Waals surface area contributed by atoms with Gasteiger partial charge in [-0.3, -0.25) is 4.79 Å². The van der Waals surface area contributed by atoms with E-state index in [1.807, 2.05) is 13.8 Å². The molecule has 1 atom stereocenters. The molecule has 1 amide bonds. The van der Waals surface area contributed by atoms with Crippen LogP contribution in [0.5, 0.6) is 0 Å². The molecule has 4 heteroatoms. The van der Waals surface area contributed by atoms with Gasteiger partial charge in [-0.2, -0.15) is 0 Å². The summed E-state index contributed by atoms with van der Waals surface area (Å²) in [4.78, 5) is 11.6. The smallest absolute Gasteiger partial charge is 0.248 e. The number of amides is 1. The van der Waals surface area contributed by atoms with Crippen LogP contribution in [0.3, 0.4) is 0 Å². The van der Waals surface area contributed by atoms with Gasteiger partial charge in [0.1, 0.15) is 6.10 Å². The fourth-order valence-corrected chi connectivity index (χ4v) is 1.57. The van der Waals surface area contributed by atoms with Crippen molar-refractivity contribution in [3.8, 4) is 0 Å². The molecule has 1 unspecified atom stereocenters. The third-order valence-electron chi connectivity index (χ3n) is 2.66. The van der Waals surface area contributed by atoms with Gasteiger partial charge in [0.25, 0.3) is 0 Å². The molecule has 1 fully saturated rings. The zero-order valence-corrected chi connectivity index (χ0v) is 9.93. The average Bonchev–Trinajstić information content (AvgIpc) is 2.15. The number of hydrogen-bond donors (Lipinski definition) is 2. The van der Waals surface area contributed by atoms with Crippen LogP contribution in [-0.4, -0.2) is 37.2 Å². The monoisotopic (exact) mass is 214 g/mol. The number of unbranched alkanes of at least 4 members (excludes halogenated alkanes) is 1. The second-order valence-electron chi connectivity index (χ2n) is 4.46. The highest BCUT2D eigenvalue weighted by molar-refractivity contribution is 5.80. The summed E-state index contributed by atoms with van der Waals surface area (Å²) in [7, 11) is 0. The molecule has 1 aliphatic heterocycles. The molecule has 0 bridgehead atoms. The van der Waals surface area contributed by atoms with Crippen molar-refractivity contribution >= 4 is 5.91 Å². The number of hydrogen-bond acceptors (Lipinski definition) is 3. The van der Waals surface area contributed by atoms with Crippen molar-refractivity contribution in [2.45, 2.75) is 45.3 Å². The first-order chi connectivity index (χ1) is 7.07. The lowest BCUT2D eigenvalue weighted by atomic mass is 10.00. The highest BCUT2D eigenvalue weighted by Gasteiger charge is 2.35. The molecule has 0 saturated carbocycles. The maximum Gasteiger partial charge on any atom is 0.248 e. The summed E-state index contributed by atoms with van der Waals surface area (Å²) in [6, 6.07) is 0. The van der Waals surface area contributed by atoms with Gasteiger partial charge < -0.3 is 15.4 Å². The molecule has 1 heterocycles. The molecule has 0 spiro atoms. The molecule has 0 aliphatic carbocycles. The van der Waals surface area contributed by atoms with Crippen molar-refractivity contribution in [3.05, 3.63) is 0 Å². The van der Waals surface area contributed by atoms with E-state index in [0.717, 1.165) is 32.5 Å². The van der Waals surface area contributed by atoms with Gasteiger partial charge in [-0.1, -0.05) is 13.3 Å². The molecular formula is C11H22N2O2. The Hall–Kier alpha value is -0.610. The van der Waals surface area contributed by atoms with E-state index in [9.17, 15) is 4.79 Å². The summed E-state index contributed by atoms with van der Waals surface area (Å²) < 4.78 is 5.69. The lowest BCUT2D eigenvalue weighted by Gasteiger charge is -2.40. The standard InChI is InChI=1S/C11H22N2O2/c1-4-5-6-13-10(14)9(2)15-11(3)7-12-8-11/h9,12H,4-8H2,1-3H3,(H,13,14). The molecule has 0 radical (unpaired) electrons. The van der Waals surface area contributed by atoms with E-state index in [1.54, 1.807) is 0 Å².